The Morgan fingerprint density at radius 2 is 1.54 bits per heavy atom. The summed E-state index contributed by atoms with van der Waals surface area (Å²) in [5, 5.41) is 2.88. The summed E-state index contributed by atoms with van der Waals surface area (Å²) in [6.45, 7) is 0.295. The molecule has 5 heteroatoms. The van der Waals surface area contributed by atoms with Gasteiger partial charge in [0.15, 0.2) is 0 Å². The maximum Gasteiger partial charge on any atom is 0.229 e. The van der Waals surface area contributed by atoms with E-state index >= 15 is 0 Å². The van der Waals surface area contributed by atoms with Gasteiger partial charge in [0.25, 0.3) is 0 Å². The van der Waals surface area contributed by atoms with Crippen LogP contribution in [0.1, 0.15) is 36.8 Å². The molecule has 3 rings (SSSR count). The van der Waals surface area contributed by atoms with Crippen LogP contribution < -0.4 is 5.32 Å². The van der Waals surface area contributed by atoms with Gasteiger partial charge in [-0.05, 0) is 36.1 Å². The van der Waals surface area contributed by atoms with E-state index in [9.17, 15) is 14.4 Å². The largest absolute Gasteiger partial charge is 0.326 e. The molecule has 1 aliphatic heterocycles. The number of likely N-dealkylation sites (tertiary alicyclic amines) is 1. The predicted molar refractivity (Wildman–Crippen MR) is 99.2 cm³/mol. The Balaban J connectivity index is 1.45. The van der Waals surface area contributed by atoms with Gasteiger partial charge in [0.2, 0.25) is 17.7 Å². The first-order valence-electron chi connectivity index (χ1n) is 8.88. The third-order valence-electron chi connectivity index (χ3n) is 4.45. The van der Waals surface area contributed by atoms with Crippen LogP contribution in [0.5, 0.6) is 0 Å². The van der Waals surface area contributed by atoms with E-state index < -0.39 is 0 Å². The van der Waals surface area contributed by atoms with Crippen LogP contribution in [0, 0.1) is 0 Å². The van der Waals surface area contributed by atoms with E-state index in [1.54, 1.807) is 12.1 Å². The van der Waals surface area contributed by atoms with Crippen LogP contribution in [-0.4, -0.2) is 22.6 Å². The minimum Gasteiger partial charge on any atom is -0.326 e. The maximum atomic E-state index is 12.0. The number of anilines is 1. The number of nitrogens with one attached hydrogen (secondary N) is 1. The van der Waals surface area contributed by atoms with E-state index in [2.05, 4.69) is 17.4 Å². The molecule has 0 aromatic heterocycles. The van der Waals surface area contributed by atoms with Crippen molar-refractivity contribution >= 4 is 23.4 Å². The number of carbonyl (C=O) groups is 3. The van der Waals surface area contributed by atoms with Gasteiger partial charge >= 0.3 is 0 Å². The van der Waals surface area contributed by atoms with Gasteiger partial charge in [0.05, 0.1) is 6.54 Å². The second-order valence-corrected chi connectivity index (χ2v) is 6.46. The zero-order valence-corrected chi connectivity index (χ0v) is 14.6. The molecule has 26 heavy (non-hydrogen) atoms. The van der Waals surface area contributed by atoms with Crippen LogP contribution in [0.4, 0.5) is 5.69 Å². The van der Waals surface area contributed by atoms with E-state index in [-0.39, 0.29) is 17.7 Å². The van der Waals surface area contributed by atoms with Gasteiger partial charge in [-0.3, -0.25) is 19.3 Å². The van der Waals surface area contributed by atoms with Gasteiger partial charge in [-0.1, -0.05) is 42.5 Å². The minimum absolute atomic E-state index is 0.0152. The molecule has 3 amide bonds. The summed E-state index contributed by atoms with van der Waals surface area (Å²) in [5.41, 5.74) is 2.82. The van der Waals surface area contributed by atoms with Crippen molar-refractivity contribution < 1.29 is 14.4 Å². The molecule has 1 saturated heterocycles. The van der Waals surface area contributed by atoms with Crippen LogP contribution in [0.25, 0.3) is 0 Å². The van der Waals surface area contributed by atoms with E-state index in [1.165, 1.54) is 10.5 Å². The minimum atomic E-state index is -0.120. The number of imide groups is 1. The highest BCUT2D eigenvalue weighted by Crippen LogP contribution is 2.17. The first-order valence-corrected chi connectivity index (χ1v) is 8.88. The Labute approximate surface area is 153 Å². The van der Waals surface area contributed by atoms with Crippen LogP contribution in [0.3, 0.4) is 0 Å². The molecule has 134 valence electrons. The molecule has 0 saturated carbocycles. The molecular weight excluding hydrogens is 328 g/mol. The normalized spacial score (nSPS) is 13.9. The fourth-order valence-electron chi connectivity index (χ4n) is 3.00. The number of carbonyl (C=O) groups excluding carboxylic acids is 3. The average molecular weight is 350 g/mol. The average Bonchev–Trinajstić information content (AvgIpc) is 2.96. The molecule has 0 spiro atoms. The Morgan fingerprint density at radius 1 is 0.885 bits per heavy atom. The van der Waals surface area contributed by atoms with Crippen molar-refractivity contribution in [2.75, 3.05) is 5.32 Å². The van der Waals surface area contributed by atoms with Gasteiger partial charge in [0, 0.05) is 24.9 Å². The molecule has 0 bridgehead atoms. The summed E-state index contributed by atoms with van der Waals surface area (Å²) in [7, 11) is 0. The number of rotatable bonds is 7. The van der Waals surface area contributed by atoms with E-state index in [1.807, 2.05) is 30.3 Å². The molecule has 2 aromatic rings. The molecule has 0 aliphatic carbocycles. The molecule has 1 heterocycles. The Kier molecular flexibility index (Phi) is 5.79. The van der Waals surface area contributed by atoms with Gasteiger partial charge in [-0.15, -0.1) is 0 Å². The lowest BCUT2D eigenvalue weighted by atomic mass is 10.1. The number of nitrogens with zero attached hydrogens (tertiary/aromatic N) is 1. The second kappa shape index (κ2) is 8.43. The highest BCUT2D eigenvalue weighted by atomic mass is 16.2. The van der Waals surface area contributed by atoms with Gasteiger partial charge in [-0.2, -0.15) is 0 Å². The summed E-state index contributed by atoms with van der Waals surface area (Å²) in [5.74, 6) is -0.254. The van der Waals surface area contributed by atoms with Gasteiger partial charge in [0.1, 0.15) is 0 Å². The lowest BCUT2D eigenvalue weighted by Gasteiger charge is -2.14. The quantitative estimate of drug-likeness (QED) is 0.779. The van der Waals surface area contributed by atoms with Crippen molar-refractivity contribution in [2.45, 2.75) is 38.6 Å². The summed E-state index contributed by atoms with van der Waals surface area (Å²) in [6.07, 6.45) is 2.75. The van der Waals surface area contributed by atoms with Crippen LogP contribution in [0.15, 0.2) is 54.6 Å². The van der Waals surface area contributed by atoms with Crippen molar-refractivity contribution in [3.05, 3.63) is 65.7 Å². The molecular formula is C21H22N2O3. The first kappa shape index (κ1) is 17.9. The summed E-state index contributed by atoms with van der Waals surface area (Å²) in [4.78, 5) is 36.6. The SMILES string of the molecule is O=C(CCCc1ccccc1)Nc1ccc(CN2C(=O)CCC2=O)cc1. The van der Waals surface area contributed by atoms with Crippen LogP contribution in [0.2, 0.25) is 0 Å². The lowest BCUT2D eigenvalue weighted by Crippen LogP contribution is -2.28. The first-order chi connectivity index (χ1) is 12.6. The third kappa shape index (κ3) is 4.79. The Hall–Kier alpha value is -2.95. The smallest absolute Gasteiger partial charge is 0.229 e. The second-order valence-electron chi connectivity index (χ2n) is 6.46. The highest BCUT2D eigenvalue weighted by Gasteiger charge is 2.28. The van der Waals surface area contributed by atoms with E-state index in [0.29, 0.717) is 25.8 Å². The Morgan fingerprint density at radius 3 is 2.19 bits per heavy atom. The predicted octanol–water partition coefficient (Wildman–Crippen LogP) is 3.30. The van der Waals surface area contributed by atoms with Gasteiger partial charge in [-0.25, -0.2) is 0 Å². The Bertz CT molecular complexity index is 769. The molecule has 1 fully saturated rings. The molecule has 2 aromatic carbocycles. The van der Waals surface area contributed by atoms with E-state index in [0.717, 1.165) is 24.1 Å². The number of hydrogen-bond donors (Lipinski definition) is 1. The van der Waals surface area contributed by atoms with Crippen molar-refractivity contribution in [3.8, 4) is 0 Å². The number of hydrogen-bond acceptors (Lipinski definition) is 3. The van der Waals surface area contributed by atoms with Gasteiger partial charge < -0.3 is 5.32 Å². The standard InChI is InChI=1S/C21H22N2O3/c24-19(8-4-7-16-5-2-1-3-6-16)22-18-11-9-17(10-12-18)15-23-20(25)13-14-21(23)26/h1-3,5-6,9-12H,4,7-8,13-15H2,(H,22,24). The molecule has 0 atom stereocenters. The zero-order valence-electron chi connectivity index (χ0n) is 14.6. The lowest BCUT2D eigenvalue weighted by molar-refractivity contribution is -0.139. The third-order valence-corrected chi connectivity index (χ3v) is 4.45. The maximum absolute atomic E-state index is 12.0. The monoisotopic (exact) mass is 350 g/mol. The van der Waals surface area contributed by atoms with Crippen LogP contribution >= 0.6 is 0 Å². The molecule has 1 N–H and O–H groups in total. The van der Waals surface area contributed by atoms with Crippen molar-refractivity contribution in [3.63, 3.8) is 0 Å². The van der Waals surface area contributed by atoms with Crippen molar-refractivity contribution in [1.82, 2.24) is 4.90 Å². The highest BCUT2D eigenvalue weighted by molar-refractivity contribution is 6.01. The fourth-order valence-corrected chi connectivity index (χ4v) is 3.00. The summed E-state index contributed by atoms with van der Waals surface area (Å²) < 4.78 is 0. The zero-order chi connectivity index (χ0) is 18.4. The van der Waals surface area contributed by atoms with Crippen molar-refractivity contribution in [2.24, 2.45) is 0 Å². The number of amides is 3. The molecule has 0 radical (unpaired) electrons. The summed E-state index contributed by atoms with van der Waals surface area (Å²) in [6, 6.07) is 17.4. The number of aryl methyl sites for hydroxylation is 1. The van der Waals surface area contributed by atoms with E-state index in [4.69, 9.17) is 0 Å². The van der Waals surface area contributed by atoms with Crippen molar-refractivity contribution in [1.29, 1.82) is 0 Å². The van der Waals surface area contributed by atoms with Crippen LogP contribution in [-0.2, 0) is 27.3 Å². The fraction of sp³-hybridized carbons (Fsp3) is 0.286. The number of benzene rings is 2. The molecule has 1 aliphatic rings. The topological polar surface area (TPSA) is 66.5 Å². The molecule has 5 nitrogen and oxygen atoms in total. The summed E-state index contributed by atoms with van der Waals surface area (Å²) >= 11 is 0. The molecule has 0 unspecified atom stereocenters.